The molecule has 1 amide bonds. The lowest BCUT2D eigenvalue weighted by atomic mass is 10.0. The maximum atomic E-state index is 12.0. The Hall–Kier alpha value is -3.09. The molecule has 26 heavy (non-hydrogen) atoms. The number of aromatic nitrogens is 3. The number of carbonyl (C=O) groups is 1. The highest BCUT2D eigenvalue weighted by Crippen LogP contribution is 2.32. The van der Waals surface area contributed by atoms with Gasteiger partial charge in [-0.1, -0.05) is 13.0 Å². The number of amides is 1. The van der Waals surface area contributed by atoms with Gasteiger partial charge in [0.1, 0.15) is 18.0 Å². The summed E-state index contributed by atoms with van der Waals surface area (Å²) in [4.78, 5) is 24.2. The lowest BCUT2D eigenvalue weighted by Crippen LogP contribution is -2.24. The Bertz CT molecular complexity index is 966. The first kappa shape index (κ1) is 16.4. The highest BCUT2D eigenvalue weighted by molar-refractivity contribution is 5.99. The molecule has 0 fully saturated rings. The van der Waals surface area contributed by atoms with Crippen molar-refractivity contribution >= 4 is 22.9 Å². The Balaban J connectivity index is 1.71. The van der Waals surface area contributed by atoms with Crippen LogP contribution in [0.3, 0.4) is 0 Å². The van der Waals surface area contributed by atoms with Gasteiger partial charge >= 0.3 is 0 Å². The van der Waals surface area contributed by atoms with Crippen LogP contribution in [0.15, 0.2) is 30.6 Å². The van der Waals surface area contributed by atoms with E-state index in [9.17, 15) is 4.79 Å². The molecule has 1 unspecified atom stereocenters. The van der Waals surface area contributed by atoms with Crippen LogP contribution in [0.5, 0.6) is 5.75 Å². The summed E-state index contributed by atoms with van der Waals surface area (Å²) in [7, 11) is 0. The molecule has 1 aliphatic rings. The van der Waals surface area contributed by atoms with Gasteiger partial charge in [-0.25, -0.2) is 4.98 Å². The number of fused-ring (bicyclic) bond motifs is 2. The van der Waals surface area contributed by atoms with Crippen LogP contribution in [0.1, 0.15) is 30.6 Å². The molecule has 1 atom stereocenters. The van der Waals surface area contributed by atoms with E-state index in [1.54, 1.807) is 6.07 Å². The number of H-pyrrole nitrogens is 1. The topological polar surface area (TPSA) is 91.9 Å². The summed E-state index contributed by atoms with van der Waals surface area (Å²) < 4.78 is 5.71. The quantitative estimate of drug-likeness (QED) is 0.672. The van der Waals surface area contributed by atoms with Crippen LogP contribution in [-0.2, 0) is 0 Å². The predicted octanol–water partition coefficient (Wildman–Crippen LogP) is 2.96. The van der Waals surface area contributed by atoms with E-state index in [1.807, 2.05) is 24.5 Å². The summed E-state index contributed by atoms with van der Waals surface area (Å²) in [5, 5.41) is 7.02. The maximum absolute atomic E-state index is 12.0. The molecule has 0 saturated carbocycles. The number of benzene rings is 1. The number of nitrogens with zero attached hydrogens (tertiary/aromatic N) is 2. The summed E-state index contributed by atoms with van der Waals surface area (Å²) in [6.07, 6.45) is 4.73. The molecule has 3 N–H and O–H groups in total. The largest absolute Gasteiger partial charge is 0.491 e. The number of hydrogen-bond acceptors (Lipinski definition) is 5. The highest BCUT2D eigenvalue weighted by atomic mass is 16.5. The number of ether oxygens (including phenoxy) is 1. The van der Waals surface area contributed by atoms with Gasteiger partial charge in [0, 0.05) is 29.4 Å². The SMILES string of the molecule is CCC(C)Nc1ncc2c(-c3ccc4c(c3)OCCNC4=O)c[nH]c2n1. The van der Waals surface area contributed by atoms with Crippen molar-refractivity contribution in [1.82, 2.24) is 20.3 Å². The number of aromatic amines is 1. The molecule has 1 aliphatic heterocycles. The molecule has 1 aromatic carbocycles. The number of anilines is 1. The molecule has 2 aromatic heterocycles. The first-order valence-electron chi connectivity index (χ1n) is 8.81. The van der Waals surface area contributed by atoms with E-state index in [4.69, 9.17) is 4.74 Å². The Morgan fingerprint density at radius 1 is 1.35 bits per heavy atom. The molecule has 134 valence electrons. The van der Waals surface area contributed by atoms with Gasteiger partial charge in [-0.2, -0.15) is 4.98 Å². The Kier molecular flexibility index (Phi) is 4.20. The molecular formula is C19H21N5O2. The van der Waals surface area contributed by atoms with Crippen molar-refractivity contribution in [3.05, 3.63) is 36.2 Å². The molecule has 0 bridgehead atoms. The second-order valence-electron chi connectivity index (χ2n) is 6.43. The number of rotatable bonds is 4. The zero-order valence-corrected chi connectivity index (χ0v) is 14.8. The monoisotopic (exact) mass is 351 g/mol. The number of hydrogen-bond donors (Lipinski definition) is 3. The fourth-order valence-corrected chi connectivity index (χ4v) is 2.96. The molecule has 0 radical (unpaired) electrons. The van der Waals surface area contributed by atoms with Gasteiger partial charge in [-0.15, -0.1) is 0 Å². The summed E-state index contributed by atoms with van der Waals surface area (Å²) in [5.41, 5.74) is 3.26. The van der Waals surface area contributed by atoms with E-state index in [0.717, 1.165) is 28.6 Å². The smallest absolute Gasteiger partial charge is 0.255 e. The van der Waals surface area contributed by atoms with E-state index >= 15 is 0 Å². The standard InChI is InChI=1S/C19H21N5O2/c1-3-11(2)23-19-22-10-15-14(9-21-17(15)24-19)12-4-5-13-16(8-12)26-7-6-20-18(13)25/h4-5,8-11H,3,6-7H2,1-2H3,(H,20,25)(H2,21,22,23,24). The lowest BCUT2D eigenvalue weighted by Gasteiger charge is -2.10. The number of carbonyl (C=O) groups excluding carboxylic acids is 1. The van der Waals surface area contributed by atoms with Crippen molar-refractivity contribution in [3.8, 4) is 16.9 Å². The predicted molar refractivity (Wildman–Crippen MR) is 101 cm³/mol. The van der Waals surface area contributed by atoms with Gasteiger partial charge < -0.3 is 20.4 Å². The fraction of sp³-hybridized carbons (Fsp3) is 0.316. The molecule has 0 aliphatic carbocycles. The molecule has 3 aromatic rings. The van der Waals surface area contributed by atoms with Crippen molar-refractivity contribution in [3.63, 3.8) is 0 Å². The third kappa shape index (κ3) is 2.96. The summed E-state index contributed by atoms with van der Waals surface area (Å²) >= 11 is 0. The Labute approximate surface area is 151 Å². The highest BCUT2D eigenvalue weighted by Gasteiger charge is 2.18. The number of nitrogens with one attached hydrogen (secondary N) is 3. The molecule has 4 rings (SSSR count). The van der Waals surface area contributed by atoms with Crippen LogP contribution < -0.4 is 15.4 Å². The van der Waals surface area contributed by atoms with Gasteiger partial charge in [0.15, 0.2) is 0 Å². The second kappa shape index (κ2) is 6.67. The minimum absolute atomic E-state index is 0.105. The fourth-order valence-electron chi connectivity index (χ4n) is 2.96. The van der Waals surface area contributed by atoms with Gasteiger partial charge in [0.05, 0.1) is 12.1 Å². The summed E-state index contributed by atoms with van der Waals surface area (Å²) in [6.45, 7) is 5.18. The van der Waals surface area contributed by atoms with Gasteiger partial charge in [-0.3, -0.25) is 4.79 Å². The molecule has 7 nitrogen and oxygen atoms in total. The van der Waals surface area contributed by atoms with Crippen LogP contribution >= 0.6 is 0 Å². The Morgan fingerprint density at radius 2 is 2.23 bits per heavy atom. The summed E-state index contributed by atoms with van der Waals surface area (Å²) in [5.74, 6) is 1.11. The van der Waals surface area contributed by atoms with Crippen molar-refractivity contribution in [2.45, 2.75) is 26.3 Å². The Morgan fingerprint density at radius 3 is 3.08 bits per heavy atom. The normalized spacial score (nSPS) is 14.9. The van der Waals surface area contributed by atoms with Gasteiger partial charge in [-0.05, 0) is 31.0 Å². The van der Waals surface area contributed by atoms with Crippen molar-refractivity contribution < 1.29 is 9.53 Å². The van der Waals surface area contributed by atoms with Crippen LogP contribution in [0.2, 0.25) is 0 Å². The maximum Gasteiger partial charge on any atom is 0.255 e. The summed E-state index contributed by atoms with van der Waals surface area (Å²) in [6, 6.07) is 5.92. The first-order valence-corrected chi connectivity index (χ1v) is 8.81. The third-order valence-corrected chi connectivity index (χ3v) is 4.60. The zero-order chi connectivity index (χ0) is 18.1. The van der Waals surface area contributed by atoms with Crippen LogP contribution in [0.4, 0.5) is 5.95 Å². The van der Waals surface area contributed by atoms with Crippen molar-refractivity contribution in [2.75, 3.05) is 18.5 Å². The third-order valence-electron chi connectivity index (χ3n) is 4.60. The molecule has 0 saturated heterocycles. The van der Waals surface area contributed by atoms with Gasteiger partial charge in [0.2, 0.25) is 5.95 Å². The van der Waals surface area contributed by atoms with Crippen molar-refractivity contribution in [1.29, 1.82) is 0 Å². The molecular weight excluding hydrogens is 330 g/mol. The first-order chi connectivity index (χ1) is 12.7. The van der Waals surface area contributed by atoms with E-state index in [-0.39, 0.29) is 5.91 Å². The van der Waals surface area contributed by atoms with E-state index in [2.05, 4.69) is 39.4 Å². The van der Waals surface area contributed by atoms with Crippen LogP contribution in [0, 0.1) is 0 Å². The zero-order valence-electron chi connectivity index (χ0n) is 14.8. The van der Waals surface area contributed by atoms with Crippen LogP contribution in [-0.4, -0.2) is 40.1 Å². The van der Waals surface area contributed by atoms with Crippen LogP contribution in [0.25, 0.3) is 22.2 Å². The van der Waals surface area contributed by atoms with E-state index in [0.29, 0.717) is 36.5 Å². The minimum atomic E-state index is -0.105. The molecule has 7 heteroatoms. The van der Waals surface area contributed by atoms with E-state index in [1.165, 1.54) is 0 Å². The average Bonchev–Trinajstić information content (AvgIpc) is 2.98. The minimum Gasteiger partial charge on any atom is -0.491 e. The molecule has 3 heterocycles. The second-order valence-corrected chi connectivity index (χ2v) is 6.43. The van der Waals surface area contributed by atoms with Gasteiger partial charge in [0.25, 0.3) is 5.91 Å². The molecule has 0 spiro atoms. The van der Waals surface area contributed by atoms with Crippen molar-refractivity contribution in [2.24, 2.45) is 0 Å². The lowest BCUT2D eigenvalue weighted by molar-refractivity contribution is 0.0957. The van der Waals surface area contributed by atoms with E-state index < -0.39 is 0 Å². The average molecular weight is 351 g/mol.